The van der Waals surface area contributed by atoms with Crippen molar-refractivity contribution >= 4 is 16.8 Å². The molecule has 1 fully saturated rings. The molecular formula is C20H24N4O2. The lowest BCUT2D eigenvalue weighted by Gasteiger charge is -2.06. The van der Waals surface area contributed by atoms with Crippen LogP contribution in [0.1, 0.15) is 59.4 Å². The minimum atomic E-state index is -0.0809. The molecule has 3 aromatic rings. The quantitative estimate of drug-likeness (QED) is 0.763. The molecule has 2 heterocycles. The molecule has 26 heavy (non-hydrogen) atoms. The average Bonchev–Trinajstić information content (AvgIpc) is 3.35. The summed E-state index contributed by atoms with van der Waals surface area (Å²) in [6, 6.07) is 8.03. The van der Waals surface area contributed by atoms with E-state index >= 15 is 0 Å². The third kappa shape index (κ3) is 3.11. The van der Waals surface area contributed by atoms with Crippen molar-refractivity contribution in [1.82, 2.24) is 20.0 Å². The molecule has 0 radical (unpaired) electrons. The van der Waals surface area contributed by atoms with E-state index in [1.165, 1.54) is 12.8 Å². The van der Waals surface area contributed by atoms with Crippen molar-refractivity contribution in [2.24, 2.45) is 7.05 Å². The van der Waals surface area contributed by atoms with Crippen LogP contribution in [0, 0.1) is 6.92 Å². The number of rotatable bonds is 5. The van der Waals surface area contributed by atoms with Crippen LogP contribution in [0.3, 0.4) is 0 Å². The highest BCUT2D eigenvalue weighted by Gasteiger charge is 2.23. The number of benzene rings is 1. The second-order valence-corrected chi connectivity index (χ2v) is 7.14. The Kier molecular flexibility index (Phi) is 4.49. The molecule has 4 rings (SSSR count). The largest absolute Gasteiger partial charge is 0.350 e. The van der Waals surface area contributed by atoms with Gasteiger partial charge in [-0.1, -0.05) is 36.2 Å². The first kappa shape index (κ1) is 16.8. The number of hydrogen-bond acceptors (Lipinski definition) is 4. The van der Waals surface area contributed by atoms with E-state index in [0.717, 1.165) is 35.2 Å². The van der Waals surface area contributed by atoms with Crippen LogP contribution in [-0.4, -0.2) is 27.2 Å². The summed E-state index contributed by atoms with van der Waals surface area (Å²) >= 11 is 0. The Hall–Kier alpha value is -2.63. The molecule has 0 bridgehead atoms. The van der Waals surface area contributed by atoms with Gasteiger partial charge in [0.25, 0.3) is 5.91 Å². The SMILES string of the molecule is Cc1cccc2cc(C(=O)NCCc3noc(C4CCCC4)n3)n(C)c12. The number of nitrogens with zero attached hydrogens (tertiary/aromatic N) is 3. The smallest absolute Gasteiger partial charge is 0.267 e. The van der Waals surface area contributed by atoms with Crippen molar-refractivity contribution in [3.63, 3.8) is 0 Å². The Bertz CT molecular complexity index is 935. The minimum absolute atomic E-state index is 0.0809. The normalized spacial score (nSPS) is 15.0. The summed E-state index contributed by atoms with van der Waals surface area (Å²) in [4.78, 5) is 17.0. The van der Waals surface area contributed by atoms with Crippen LogP contribution in [0.25, 0.3) is 10.9 Å². The molecular weight excluding hydrogens is 328 g/mol. The predicted octanol–water partition coefficient (Wildman–Crippen LogP) is 3.50. The number of carbonyl (C=O) groups is 1. The van der Waals surface area contributed by atoms with Gasteiger partial charge in [0.1, 0.15) is 5.69 Å². The summed E-state index contributed by atoms with van der Waals surface area (Å²) in [7, 11) is 1.93. The Morgan fingerprint density at radius 3 is 2.92 bits per heavy atom. The highest BCUT2D eigenvalue weighted by molar-refractivity contribution is 5.99. The molecule has 1 aliphatic rings. The summed E-state index contributed by atoms with van der Waals surface area (Å²) in [5, 5.41) is 8.10. The van der Waals surface area contributed by atoms with Gasteiger partial charge in [0, 0.05) is 31.3 Å². The molecule has 6 heteroatoms. The molecule has 1 N–H and O–H groups in total. The van der Waals surface area contributed by atoms with Crippen LogP contribution < -0.4 is 5.32 Å². The van der Waals surface area contributed by atoms with Crippen LogP contribution in [-0.2, 0) is 13.5 Å². The second-order valence-electron chi connectivity index (χ2n) is 7.14. The topological polar surface area (TPSA) is 73.0 Å². The molecule has 136 valence electrons. The zero-order chi connectivity index (χ0) is 18.1. The maximum Gasteiger partial charge on any atom is 0.267 e. The average molecular weight is 352 g/mol. The first-order chi connectivity index (χ1) is 12.6. The summed E-state index contributed by atoms with van der Waals surface area (Å²) in [6.45, 7) is 2.55. The van der Waals surface area contributed by atoms with Gasteiger partial charge in [0.05, 0.1) is 5.52 Å². The molecule has 6 nitrogen and oxygen atoms in total. The molecule has 0 spiro atoms. The fourth-order valence-corrected chi connectivity index (χ4v) is 3.92. The number of nitrogens with one attached hydrogen (secondary N) is 1. The van der Waals surface area contributed by atoms with Gasteiger partial charge >= 0.3 is 0 Å². The third-order valence-electron chi connectivity index (χ3n) is 5.31. The van der Waals surface area contributed by atoms with Gasteiger partial charge < -0.3 is 14.4 Å². The van der Waals surface area contributed by atoms with Crippen molar-refractivity contribution < 1.29 is 9.32 Å². The van der Waals surface area contributed by atoms with Crippen LogP contribution in [0.15, 0.2) is 28.8 Å². The molecule has 1 aliphatic carbocycles. The molecule has 0 aliphatic heterocycles. The maximum atomic E-state index is 12.6. The molecule has 0 atom stereocenters. The van der Waals surface area contributed by atoms with E-state index in [1.54, 1.807) is 0 Å². The van der Waals surface area contributed by atoms with Crippen LogP contribution in [0.4, 0.5) is 0 Å². The lowest BCUT2D eigenvalue weighted by Crippen LogP contribution is -2.27. The van der Waals surface area contributed by atoms with Gasteiger partial charge in [-0.25, -0.2) is 0 Å². The number of hydrogen-bond donors (Lipinski definition) is 1. The van der Waals surface area contributed by atoms with Crippen LogP contribution in [0.2, 0.25) is 0 Å². The lowest BCUT2D eigenvalue weighted by atomic mass is 10.1. The van der Waals surface area contributed by atoms with Crippen LogP contribution in [0.5, 0.6) is 0 Å². The molecule has 0 unspecified atom stereocenters. The first-order valence-corrected chi connectivity index (χ1v) is 9.29. The fraction of sp³-hybridized carbons (Fsp3) is 0.450. The molecule has 1 aromatic carbocycles. The summed E-state index contributed by atoms with van der Waals surface area (Å²) in [5.41, 5.74) is 2.92. The standard InChI is InChI=1S/C20H24N4O2/c1-13-6-5-9-15-12-16(24(2)18(13)15)19(25)21-11-10-17-22-20(26-23-17)14-7-3-4-8-14/h5-6,9,12,14H,3-4,7-8,10-11H2,1-2H3,(H,21,25). The maximum absolute atomic E-state index is 12.6. The summed E-state index contributed by atoms with van der Waals surface area (Å²) in [5.74, 6) is 1.76. The number of carbonyl (C=O) groups excluding carboxylic acids is 1. The molecule has 1 amide bonds. The number of aromatic nitrogens is 3. The zero-order valence-electron chi connectivity index (χ0n) is 15.3. The van der Waals surface area contributed by atoms with E-state index in [9.17, 15) is 4.79 Å². The van der Waals surface area contributed by atoms with Gasteiger partial charge in [-0.15, -0.1) is 0 Å². The minimum Gasteiger partial charge on any atom is -0.350 e. The third-order valence-corrected chi connectivity index (χ3v) is 5.31. The van der Waals surface area contributed by atoms with Gasteiger partial charge in [-0.3, -0.25) is 4.79 Å². The van der Waals surface area contributed by atoms with E-state index in [0.29, 0.717) is 30.4 Å². The monoisotopic (exact) mass is 352 g/mol. The van der Waals surface area contributed by atoms with Gasteiger partial charge in [-0.2, -0.15) is 4.98 Å². The number of amides is 1. The zero-order valence-corrected chi connectivity index (χ0v) is 15.3. The Labute approximate surface area is 152 Å². The number of aryl methyl sites for hydroxylation is 2. The summed E-state index contributed by atoms with van der Waals surface area (Å²) in [6.07, 6.45) is 5.33. The lowest BCUT2D eigenvalue weighted by molar-refractivity contribution is 0.0946. The highest BCUT2D eigenvalue weighted by Crippen LogP contribution is 2.32. The molecule has 0 saturated heterocycles. The molecule has 1 saturated carbocycles. The van der Waals surface area contributed by atoms with Gasteiger partial charge in [-0.05, 0) is 31.4 Å². The van der Waals surface area contributed by atoms with E-state index in [-0.39, 0.29) is 5.91 Å². The number of fused-ring (bicyclic) bond motifs is 1. The van der Waals surface area contributed by atoms with Crippen molar-refractivity contribution in [3.05, 3.63) is 47.2 Å². The van der Waals surface area contributed by atoms with E-state index in [2.05, 4.69) is 28.4 Å². The Balaban J connectivity index is 1.38. The van der Waals surface area contributed by atoms with Crippen molar-refractivity contribution in [3.8, 4) is 0 Å². The van der Waals surface area contributed by atoms with Crippen molar-refractivity contribution in [2.45, 2.75) is 44.9 Å². The van der Waals surface area contributed by atoms with E-state index in [4.69, 9.17) is 4.52 Å². The van der Waals surface area contributed by atoms with Gasteiger partial charge in [0.15, 0.2) is 5.82 Å². The Morgan fingerprint density at radius 2 is 2.15 bits per heavy atom. The van der Waals surface area contributed by atoms with E-state index < -0.39 is 0 Å². The van der Waals surface area contributed by atoms with Crippen molar-refractivity contribution in [1.29, 1.82) is 0 Å². The molecule has 2 aromatic heterocycles. The first-order valence-electron chi connectivity index (χ1n) is 9.29. The van der Waals surface area contributed by atoms with E-state index in [1.807, 2.05) is 29.8 Å². The van der Waals surface area contributed by atoms with Gasteiger partial charge in [0.2, 0.25) is 5.89 Å². The second kappa shape index (κ2) is 6.94. The predicted molar refractivity (Wildman–Crippen MR) is 99.2 cm³/mol. The van der Waals surface area contributed by atoms with Crippen molar-refractivity contribution in [2.75, 3.05) is 6.54 Å². The highest BCUT2D eigenvalue weighted by atomic mass is 16.5. The Morgan fingerprint density at radius 1 is 1.35 bits per heavy atom. The van der Waals surface area contributed by atoms with Crippen LogP contribution >= 0.6 is 0 Å². The summed E-state index contributed by atoms with van der Waals surface area (Å²) < 4.78 is 7.34. The number of para-hydroxylation sites is 1. The fourth-order valence-electron chi connectivity index (χ4n) is 3.92.